The number of rotatable bonds is 7. The smallest absolute Gasteiger partial charge is 0.254 e. The Bertz CT molecular complexity index is 767. The standard InChI is InChI=1S/C20H31N3O3S/c1-3-12-23(18-10-11-21-14-18)20(24)16-9-8-15(2)19(13-16)27(25,26)22-17-6-4-5-7-17/h8-9,13,17-18,21-22H,3-7,10-12,14H2,1-2H3. The van der Waals surface area contributed by atoms with Crippen molar-refractivity contribution in [1.29, 1.82) is 0 Å². The van der Waals surface area contributed by atoms with Gasteiger partial charge in [-0.25, -0.2) is 13.1 Å². The summed E-state index contributed by atoms with van der Waals surface area (Å²) in [6.45, 7) is 6.23. The summed E-state index contributed by atoms with van der Waals surface area (Å²) in [6.07, 6.45) is 5.71. The lowest BCUT2D eigenvalue weighted by atomic mass is 10.1. The lowest BCUT2D eigenvalue weighted by Crippen LogP contribution is -2.42. The predicted octanol–water partition coefficient (Wildman–Crippen LogP) is 2.43. The molecule has 150 valence electrons. The Labute approximate surface area is 162 Å². The van der Waals surface area contributed by atoms with Gasteiger partial charge in [0.2, 0.25) is 10.0 Å². The van der Waals surface area contributed by atoms with Crippen molar-refractivity contribution >= 4 is 15.9 Å². The van der Waals surface area contributed by atoms with Gasteiger partial charge in [0.15, 0.2) is 0 Å². The Kier molecular flexibility index (Phi) is 6.55. The average Bonchev–Trinajstić information content (AvgIpc) is 3.33. The van der Waals surface area contributed by atoms with Gasteiger partial charge in [0.1, 0.15) is 0 Å². The minimum atomic E-state index is -3.62. The molecule has 1 saturated carbocycles. The maximum absolute atomic E-state index is 13.1. The first-order valence-electron chi connectivity index (χ1n) is 10.1. The number of amides is 1. The van der Waals surface area contributed by atoms with E-state index in [-0.39, 0.29) is 22.9 Å². The topological polar surface area (TPSA) is 78.5 Å². The molecule has 6 nitrogen and oxygen atoms in total. The SMILES string of the molecule is CCCN(C(=O)c1ccc(C)c(S(=O)(=O)NC2CCCC2)c1)C1CCNC1. The Morgan fingerprint density at radius 3 is 2.63 bits per heavy atom. The Morgan fingerprint density at radius 1 is 1.26 bits per heavy atom. The van der Waals surface area contributed by atoms with Crippen LogP contribution in [0, 0.1) is 6.92 Å². The lowest BCUT2D eigenvalue weighted by Gasteiger charge is -2.28. The molecule has 7 heteroatoms. The van der Waals surface area contributed by atoms with Crippen molar-refractivity contribution in [3.05, 3.63) is 29.3 Å². The fourth-order valence-electron chi connectivity index (χ4n) is 4.11. The first kappa shape index (κ1) is 20.3. The zero-order valence-electron chi connectivity index (χ0n) is 16.3. The fraction of sp³-hybridized carbons (Fsp3) is 0.650. The quantitative estimate of drug-likeness (QED) is 0.746. The molecule has 1 atom stereocenters. The molecule has 0 bridgehead atoms. The molecule has 1 heterocycles. The maximum atomic E-state index is 13.1. The van der Waals surface area contributed by atoms with Crippen LogP contribution >= 0.6 is 0 Å². The number of carbonyl (C=O) groups excluding carboxylic acids is 1. The Hall–Kier alpha value is -1.44. The molecule has 2 fully saturated rings. The highest BCUT2D eigenvalue weighted by atomic mass is 32.2. The second kappa shape index (κ2) is 8.71. The van der Waals surface area contributed by atoms with Gasteiger partial charge in [0.05, 0.1) is 4.90 Å². The van der Waals surface area contributed by atoms with Crippen LogP contribution < -0.4 is 10.0 Å². The number of nitrogens with zero attached hydrogens (tertiary/aromatic N) is 1. The van der Waals surface area contributed by atoms with Gasteiger partial charge in [-0.05, 0) is 56.8 Å². The van der Waals surface area contributed by atoms with Crippen LogP contribution in [-0.2, 0) is 10.0 Å². The summed E-state index contributed by atoms with van der Waals surface area (Å²) < 4.78 is 28.6. The van der Waals surface area contributed by atoms with E-state index >= 15 is 0 Å². The van der Waals surface area contributed by atoms with Gasteiger partial charge in [-0.1, -0.05) is 25.8 Å². The molecule has 3 rings (SSSR count). The van der Waals surface area contributed by atoms with Gasteiger partial charge in [-0.3, -0.25) is 4.79 Å². The number of sulfonamides is 1. The van der Waals surface area contributed by atoms with Crippen molar-refractivity contribution < 1.29 is 13.2 Å². The van der Waals surface area contributed by atoms with Crippen LogP contribution in [-0.4, -0.2) is 50.9 Å². The highest BCUT2D eigenvalue weighted by molar-refractivity contribution is 7.89. The summed E-state index contributed by atoms with van der Waals surface area (Å²) >= 11 is 0. The number of nitrogens with one attached hydrogen (secondary N) is 2. The Balaban J connectivity index is 1.85. The summed E-state index contributed by atoms with van der Waals surface area (Å²) in [6, 6.07) is 5.23. The lowest BCUT2D eigenvalue weighted by molar-refractivity contribution is 0.0692. The van der Waals surface area contributed by atoms with Crippen molar-refractivity contribution in [2.75, 3.05) is 19.6 Å². The van der Waals surface area contributed by atoms with E-state index in [4.69, 9.17) is 0 Å². The predicted molar refractivity (Wildman–Crippen MR) is 106 cm³/mol. The molecular weight excluding hydrogens is 362 g/mol. The van der Waals surface area contributed by atoms with Gasteiger partial charge in [-0.2, -0.15) is 0 Å². The summed E-state index contributed by atoms with van der Waals surface area (Å²) in [5.74, 6) is -0.0807. The molecule has 1 aromatic rings. The molecule has 2 N–H and O–H groups in total. The van der Waals surface area contributed by atoms with Gasteiger partial charge in [0, 0.05) is 30.7 Å². The minimum Gasteiger partial charge on any atom is -0.334 e. The molecule has 1 saturated heterocycles. The van der Waals surface area contributed by atoms with E-state index in [1.54, 1.807) is 25.1 Å². The van der Waals surface area contributed by atoms with Crippen LogP contribution in [0.3, 0.4) is 0 Å². The summed E-state index contributed by atoms with van der Waals surface area (Å²) in [4.78, 5) is 15.3. The van der Waals surface area contributed by atoms with Crippen molar-refractivity contribution in [2.45, 2.75) is 69.4 Å². The van der Waals surface area contributed by atoms with Crippen molar-refractivity contribution in [2.24, 2.45) is 0 Å². The molecule has 0 spiro atoms. The van der Waals surface area contributed by atoms with Crippen LogP contribution in [0.25, 0.3) is 0 Å². The second-order valence-electron chi connectivity index (χ2n) is 7.73. The zero-order valence-corrected chi connectivity index (χ0v) is 17.1. The largest absolute Gasteiger partial charge is 0.334 e. The summed E-state index contributed by atoms with van der Waals surface area (Å²) in [5.41, 5.74) is 1.12. The van der Waals surface area contributed by atoms with Crippen molar-refractivity contribution in [3.63, 3.8) is 0 Å². The van der Waals surface area contributed by atoms with E-state index in [9.17, 15) is 13.2 Å². The molecule has 2 aliphatic rings. The maximum Gasteiger partial charge on any atom is 0.254 e. The third-order valence-corrected chi connectivity index (χ3v) is 7.26. The number of hydrogen-bond donors (Lipinski definition) is 2. The monoisotopic (exact) mass is 393 g/mol. The molecule has 1 unspecified atom stereocenters. The summed E-state index contributed by atoms with van der Waals surface area (Å²) in [5, 5.41) is 3.30. The molecule has 1 aliphatic heterocycles. The highest BCUT2D eigenvalue weighted by Crippen LogP contribution is 2.24. The molecule has 0 radical (unpaired) electrons. The van der Waals surface area contributed by atoms with E-state index in [1.807, 2.05) is 4.90 Å². The number of carbonyl (C=O) groups is 1. The third-order valence-electron chi connectivity index (χ3n) is 5.60. The number of benzene rings is 1. The Morgan fingerprint density at radius 2 is 2.00 bits per heavy atom. The highest BCUT2D eigenvalue weighted by Gasteiger charge is 2.29. The molecule has 1 amide bonds. The fourth-order valence-corrected chi connectivity index (χ4v) is 5.69. The van der Waals surface area contributed by atoms with Crippen LogP contribution in [0.4, 0.5) is 0 Å². The van der Waals surface area contributed by atoms with Gasteiger partial charge in [0.25, 0.3) is 5.91 Å². The van der Waals surface area contributed by atoms with Crippen molar-refractivity contribution in [1.82, 2.24) is 14.9 Å². The van der Waals surface area contributed by atoms with Gasteiger partial charge >= 0.3 is 0 Å². The van der Waals surface area contributed by atoms with Crippen LogP contribution in [0.5, 0.6) is 0 Å². The van der Waals surface area contributed by atoms with E-state index in [2.05, 4.69) is 17.0 Å². The van der Waals surface area contributed by atoms with E-state index in [0.29, 0.717) is 17.7 Å². The second-order valence-corrected chi connectivity index (χ2v) is 9.41. The molecule has 1 aliphatic carbocycles. The zero-order chi connectivity index (χ0) is 19.4. The number of hydrogen-bond acceptors (Lipinski definition) is 4. The van der Waals surface area contributed by atoms with E-state index in [1.165, 1.54) is 0 Å². The molecule has 1 aromatic carbocycles. The van der Waals surface area contributed by atoms with Gasteiger partial charge < -0.3 is 10.2 Å². The summed E-state index contributed by atoms with van der Waals surface area (Å²) in [7, 11) is -3.62. The first-order chi connectivity index (χ1) is 12.9. The normalized spacial score (nSPS) is 20.9. The van der Waals surface area contributed by atoms with Gasteiger partial charge in [-0.15, -0.1) is 0 Å². The van der Waals surface area contributed by atoms with E-state index in [0.717, 1.165) is 51.6 Å². The van der Waals surface area contributed by atoms with Crippen LogP contribution in [0.15, 0.2) is 23.1 Å². The number of aryl methyl sites for hydroxylation is 1. The minimum absolute atomic E-state index is 0.00918. The average molecular weight is 394 g/mol. The third kappa shape index (κ3) is 4.70. The van der Waals surface area contributed by atoms with E-state index < -0.39 is 10.0 Å². The first-order valence-corrected chi connectivity index (χ1v) is 11.6. The van der Waals surface area contributed by atoms with Crippen LogP contribution in [0.2, 0.25) is 0 Å². The van der Waals surface area contributed by atoms with Crippen molar-refractivity contribution in [3.8, 4) is 0 Å². The molecular formula is C20H31N3O3S. The molecule has 27 heavy (non-hydrogen) atoms. The van der Waals surface area contributed by atoms with Crippen LogP contribution in [0.1, 0.15) is 61.4 Å². The molecule has 0 aromatic heterocycles.